The Labute approximate surface area is 131 Å². The summed E-state index contributed by atoms with van der Waals surface area (Å²) < 4.78 is 23.5. The monoisotopic (exact) mass is 312 g/mol. The van der Waals surface area contributed by atoms with Crippen LogP contribution in [0.4, 0.5) is 4.39 Å². The van der Waals surface area contributed by atoms with E-state index in [0.717, 1.165) is 5.56 Å². The summed E-state index contributed by atoms with van der Waals surface area (Å²) in [4.78, 5) is 15.7. The summed E-state index contributed by atoms with van der Waals surface area (Å²) in [5, 5.41) is 3.92. The maximum atomic E-state index is 13.0. The fraction of sp³-hybridized carbons (Fsp3) is 0.118. The van der Waals surface area contributed by atoms with Crippen molar-refractivity contribution in [2.45, 2.75) is 13.5 Å². The first-order chi connectivity index (χ1) is 11.1. The molecule has 0 spiro atoms. The van der Waals surface area contributed by atoms with Gasteiger partial charge < -0.3 is 9.26 Å². The van der Waals surface area contributed by atoms with E-state index in [0.29, 0.717) is 22.6 Å². The van der Waals surface area contributed by atoms with Crippen molar-refractivity contribution < 1.29 is 18.4 Å². The zero-order chi connectivity index (χ0) is 16.2. The third-order valence-corrected chi connectivity index (χ3v) is 3.36. The van der Waals surface area contributed by atoms with Crippen LogP contribution in [0.25, 0.3) is 11.3 Å². The molecule has 0 radical (unpaired) electrons. The first-order valence-electron chi connectivity index (χ1n) is 6.93. The lowest BCUT2D eigenvalue weighted by atomic mass is 10.1. The lowest BCUT2D eigenvalue weighted by molar-refractivity contribution is 0.0463. The smallest absolute Gasteiger partial charge is 0.340 e. The number of carbonyl (C=O) groups excluding carboxylic acids is 1. The van der Waals surface area contributed by atoms with Crippen molar-refractivity contribution in [2.75, 3.05) is 0 Å². The largest absolute Gasteiger partial charge is 0.455 e. The number of carbonyl (C=O) groups is 1. The summed E-state index contributed by atoms with van der Waals surface area (Å²) in [7, 11) is 0. The van der Waals surface area contributed by atoms with Crippen LogP contribution in [0.5, 0.6) is 0 Å². The molecule has 0 atom stereocenters. The van der Waals surface area contributed by atoms with Gasteiger partial charge in [0, 0.05) is 23.5 Å². The maximum absolute atomic E-state index is 13.0. The molecule has 116 valence electrons. The SMILES string of the molecule is Cc1c(COC(=O)c2cccnc2)noc1-c1ccc(F)cc1. The van der Waals surface area contributed by atoms with Crippen LogP contribution < -0.4 is 0 Å². The summed E-state index contributed by atoms with van der Waals surface area (Å²) in [6, 6.07) is 9.18. The Morgan fingerprint density at radius 2 is 2.04 bits per heavy atom. The van der Waals surface area contributed by atoms with Gasteiger partial charge in [-0.25, -0.2) is 9.18 Å². The molecule has 2 heterocycles. The molecule has 0 aliphatic carbocycles. The molecule has 0 saturated carbocycles. The van der Waals surface area contributed by atoms with Crippen LogP contribution >= 0.6 is 0 Å². The van der Waals surface area contributed by atoms with E-state index >= 15 is 0 Å². The van der Waals surface area contributed by atoms with E-state index in [1.807, 2.05) is 6.92 Å². The van der Waals surface area contributed by atoms with Gasteiger partial charge in [0.05, 0.1) is 5.56 Å². The summed E-state index contributed by atoms with van der Waals surface area (Å²) in [6.07, 6.45) is 3.01. The Kier molecular flexibility index (Phi) is 4.14. The Bertz CT molecular complexity index is 814. The van der Waals surface area contributed by atoms with E-state index in [4.69, 9.17) is 9.26 Å². The topological polar surface area (TPSA) is 65.2 Å². The number of benzene rings is 1. The molecule has 1 aromatic carbocycles. The first kappa shape index (κ1) is 14.9. The molecule has 0 N–H and O–H groups in total. The normalized spacial score (nSPS) is 10.5. The molecule has 5 nitrogen and oxygen atoms in total. The molecule has 0 aliphatic rings. The molecule has 0 unspecified atom stereocenters. The third kappa shape index (κ3) is 3.26. The molecule has 0 aliphatic heterocycles. The van der Waals surface area contributed by atoms with E-state index in [1.54, 1.807) is 30.5 Å². The van der Waals surface area contributed by atoms with Gasteiger partial charge in [-0.15, -0.1) is 0 Å². The van der Waals surface area contributed by atoms with Gasteiger partial charge in [-0.2, -0.15) is 0 Å². The Morgan fingerprint density at radius 3 is 2.74 bits per heavy atom. The second kappa shape index (κ2) is 6.39. The minimum atomic E-state index is -0.483. The molecule has 2 aromatic heterocycles. The summed E-state index contributed by atoms with van der Waals surface area (Å²) in [5.41, 5.74) is 2.34. The summed E-state index contributed by atoms with van der Waals surface area (Å²) in [5.74, 6) is -0.280. The van der Waals surface area contributed by atoms with Crippen LogP contribution in [0.3, 0.4) is 0 Å². The number of esters is 1. The van der Waals surface area contributed by atoms with Gasteiger partial charge in [-0.05, 0) is 43.3 Å². The van der Waals surface area contributed by atoms with Crippen molar-refractivity contribution in [3.63, 3.8) is 0 Å². The molecule has 0 saturated heterocycles. The summed E-state index contributed by atoms with van der Waals surface area (Å²) in [6.45, 7) is 1.80. The first-order valence-corrected chi connectivity index (χ1v) is 6.93. The van der Waals surface area contributed by atoms with E-state index in [9.17, 15) is 9.18 Å². The Balaban J connectivity index is 1.72. The minimum absolute atomic E-state index is 0.00967. The van der Waals surface area contributed by atoms with E-state index in [1.165, 1.54) is 18.3 Å². The molecule has 6 heteroatoms. The van der Waals surface area contributed by atoms with E-state index in [2.05, 4.69) is 10.1 Å². The van der Waals surface area contributed by atoms with Gasteiger partial charge in [-0.1, -0.05) is 5.16 Å². The third-order valence-electron chi connectivity index (χ3n) is 3.36. The van der Waals surface area contributed by atoms with Crippen molar-refractivity contribution in [3.05, 3.63) is 71.4 Å². The number of hydrogen-bond acceptors (Lipinski definition) is 5. The van der Waals surface area contributed by atoms with Crippen LogP contribution in [-0.4, -0.2) is 16.1 Å². The highest BCUT2D eigenvalue weighted by Crippen LogP contribution is 2.26. The molecule has 0 fully saturated rings. The highest BCUT2D eigenvalue weighted by molar-refractivity contribution is 5.88. The van der Waals surface area contributed by atoms with Gasteiger partial charge >= 0.3 is 5.97 Å². The standard InChI is InChI=1S/C17H13FN2O3/c1-11-15(10-22-17(21)13-3-2-8-19-9-13)20-23-16(11)12-4-6-14(18)7-5-12/h2-9H,10H2,1H3. The number of nitrogens with zero attached hydrogens (tertiary/aromatic N) is 2. The second-order valence-electron chi connectivity index (χ2n) is 4.91. The number of halogens is 1. The molecule has 3 aromatic rings. The number of pyridine rings is 1. The van der Waals surface area contributed by atoms with Crippen molar-refractivity contribution in [1.82, 2.24) is 10.1 Å². The van der Waals surface area contributed by atoms with Crippen molar-refractivity contribution in [2.24, 2.45) is 0 Å². The summed E-state index contributed by atoms with van der Waals surface area (Å²) >= 11 is 0. The van der Waals surface area contributed by atoms with Crippen LogP contribution in [-0.2, 0) is 11.3 Å². The number of aromatic nitrogens is 2. The lowest BCUT2D eigenvalue weighted by Gasteiger charge is -2.02. The highest BCUT2D eigenvalue weighted by atomic mass is 19.1. The molecule has 0 amide bonds. The van der Waals surface area contributed by atoms with Gasteiger partial charge in [0.25, 0.3) is 0 Å². The van der Waals surface area contributed by atoms with E-state index < -0.39 is 5.97 Å². The lowest BCUT2D eigenvalue weighted by Crippen LogP contribution is -2.06. The maximum Gasteiger partial charge on any atom is 0.340 e. The number of hydrogen-bond donors (Lipinski definition) is 0. The predicted molar refractivity (Wildman–Crippen MR) is 80.0 cm³/mol. The van der Waals surface area contributed by atoms with Gasteiger partial charge in [0.1, 0.15) is 18.1 Å². The fourth-order valence-corrected chi connectivity index (χ4v) is 2.07. The highest BCUT2D eigenvalue weighted by Gasteiger charge is 2.16. The predicted octanol–water partition coefficient (Wildman–Crippen LogP) is 3.54. The van der Waals surface area contributed by atoms with Crippen LogP contribution in [0.1, 0.15) is 21.6 Å². The van der Waals surface area contributed by atoms with Crippen molar-refractivity contribution >= 4 is 5.97 Å². The van der Waals surface area contributed by atoms with E-state index in [-0.39, 0.29) is 12.4 Å². The Morgan fingerprint density at radius 1 is 1.26 bits per heavy atom. The molecule has 23 heavy (non-hydrogen) atoms. The van der Waals surface area contributed by atoms with Gasteiger partial charge in [0.15, 0.2) is 5.76 Å². The van der Waals surface area contributed by atoms with Gasteiger partial charge in [0.2, 0.25) is 0 Å². The zero-order valence-corrected chi connectivity index (χ0v) is 12.3. The van der Waals surface area contributed by atoms with Crippen molar-refractivity contribution in [3.8, 4) is 11.3 Å². The molecular formula is C17H13FN2O3. The van der Waals surface area contributed by atoms with Crippen LogP contribution in [0.2, 0.25) is 0 Å². The molecular weight excluding hydrogens is 299 g/mol. The number of rotatable bonds is 4. The Hall–Kier alpha value is -3.02. The van der Waals surface area contributed by atoms with Gasteiger partial charge in [-0.3, -0.25) is 4.98 Å². The van der Waals surface area contributed by atoms with Crippen LogP contribution in [0, 0.1) is 12.7 Å². The quantitative estimate of drug-likeness (QED) is 0.689. The number of ether oxygens (including phenoxy) is 1. The average molecular weight is 312 g/mol. The second-order valence-corrected chi connectivity index (χ2v) is 4.91. The molecule has 3 rings (SSSR count). The van der Waals surface area contributed by atoms with Crippen molar-refractivity contribution in [1.29, 1.82) is 0 Å². The molecule has 0 bridgehead atoms. The average Bonchev–Trinajstić information content (AvgIpc) is 2.95. The van der Waals surface area contributed by atoms with Crippen LogP contribution in [0.15, 0.2) is 53.3 Å². The fourth-order valence-electron chi connectivity index (χ4n) is 2.07. The zero-order valence-electron chi connectivity index (χ0n) is 12.3. The minimum Gasteiger partial charge on any atom is -0.455 e.